The molecule has 3 rings (SSSR count). The smallest absolute Gasteiger partial charge is 0.272 e. The Hall–Kier alpha value is -2.47. The van der Waals surface area contributed by atoms with Crippen molar-refractivity contribution in [3.63, 3.8) is 0 Å². The number of pyridine rings is 1. The van der Waals surface area contributed by atoms with Crippen LogP contribution in [0.3, 0.4) is 0 Å². The maximum Gasteiger partial charge on any atom is 0.336 e. The summed E-state index contributed by atoms with van der Waals surface area (Å²) in [5.41, 5.74) is 3.65. The fourth-order valence-electron chi connectivity index (χ4n) is 2.54. The minimum absolute atomic E-state index is 0.229. The molecular weight excluding hydrogens is 280 g/mol. The van der Waals surface area contributed by atoms with Gasteiger partial charge >= 0.3 is 6.03 Å². The number of rotatable bonds is 2. The Bertz CT molecular complexity index is 695. The molecule has 6 nitrogen and oxygen atoms in total. The standard InChI is InChI=1S/C16H18N4O2/c21-15(18-16(22)19-20-10-4-1-5-11-20)14-9-8-12-6-2-3-7-13(12)17-14/h2-3,6-9H,1,4-5,10-11H2,(H2,18,19,21,22). The van der Waals surface area contributed by atoms with E-state index in [0.29, 0.717) is 0 Å². The van der Waals surface area contributed by atoms with Gasteiger partial charge < -0.3 is 0 Å². The van der Waals surface area contributed by atoms with E-state index >= 15 is 0 Å². The number of urea groups is 1. The summed E-state index contributed by atoms with van der Waals surface area (Å²) in [5.74, 6) is -0.500. The summed E-state index contributed by atoms with van der Waals surface area (Å²) < 4.78 is 0. The molecule has 0 atom stereocenters. The third-order valence-corrected chi connectivity index (χ3v) is 3.67. The van der Waals surface area contributed by atoms with E-state index < -0.39 is 11.9 Å². The van der Waals surface area contributed by atoms with Crippen LogP contribution in [0.4, 0.5) is 4.79 Å². The number of carbonyl (C=O) groups excluding carboxylic acids is 2. The van der Waals surface area contributed by atoms with Crippen molar-refractivity contribution in [1.29, 1.82) is 0 Å². The first kappa shape index (κ1) is 14.5. The number of fused-ring (bicyclic) bond motifs is 1. The Kier molecular flexibility index (Phi) is 4.29. The lowest BCUT2D eigenvalue weighted by atomic mass is 10.2. The first-order chi connectivity index (χ1) is 10.7. The number of hydrazine groups is 1. The van der Waals surface area contributed by atoms with E-state index in [1.807, 2.05) is 35.3 Å². The molecule has 1 fully saturated rings. The van der Waals surface area contributed by atoms with Crippen LogP contribution in [0.2, 0.25) is 0 Å². The molecule has 0 bridgehead atoms. The Balaban J connectivity index is 1.63. The second-order valence-corrected chi connectivity index (χ2v) is 5.33. The van der Waals surface area contributed by atoms with E-state index in [1.54, 1.807) is 6.07 Å². The fourth-order valence-corrected chi connectivity index (χ4v) is 2.54. The third-order valence-electron chi connectivity index (χ3n) is 3.67. The number of aromatic nitrogens is 1. The molecule has 1 aliphatic rings. The second-order valence-electron chi connectivity index (χ2n) is 5.33. The van der Waals surface area contributed by atoms with Crippen molar-refractivity contribution < 1.29 is 9.59 Å². The van der Waals surface area contributed by atoms with Gasteiger partial charge in [0.15, 0.2) is 0 Å². The number of nitrogens with zero attached hydrogens (tertiary/aromatic N) is 2. The van der Waals surface area contributed by atoms with Crippen LogP contribution < -0.4 is 10.7 Å². The summed E-state index contributed by atoms with van der Waals surface area (Å²) in [6, 6.07) is 10.5. The van der Waals surface area contributed by atoms with Gasteiger partial charge in [-0.05, 0) is 25.0 Å². The summed E-state index contributed by atoms with van der Waals surface area (Å²) in [5, 5.41) is 5.10. The van der Waals surface area contributed by atoms with Crippen molar-refractivity contribution >= 4 is 22.8 Å². The van der Waals surface area contributed by atoms with Gasteiger partial charge in [0.2, 0.25) is 0 Å². The number of piperidine rings is 1. The number of imide groups is 1. The molecule has 1 aromatic carbocycles. The molecule has 1 aliphatic heterocycles. The zero-order valence-electron chi connectivity index (χ0n) is 12.2. The highest BCUT2D eigenvalue weighted by Crippen LogP contribution is 2.11. The van der Waals surface area contributed by atoms with Crippen LogP contribution in [0.25, 0.3) is 10.9 Å². The van der Waals surface area contributed by atoms with Crippen molar-refractivity contribution in [2.45, 2.75) is 19.3 Å². The van der Waals surface area contributed by atoms with Gasteiger partial charge in [0.25, 0.3) is 5.91 Å². The molecule has 2 heterocycles. The number of benzene rings is 1. The van der Waals surface area contributed by atoms with E-state index in [0.717, 1.165) is 36.8 Å². The highest BCUT2D eigenvalue weighted by Gasteiger charge is 2.16. The molecule has 1 aromatic heterocycles. The van der Waals surface area contributed by atoms with Crippen LogP contribution >= 0.6 is 0 Å². The monoisotopic (exact) mass is 298 g/mol. The normalized spacial score (nSPS) is 15.5. The second kappa shape index (κ2) is 6.53. The maximum atomic E-state index is 12.1. The van der Waals surface area contributed by atoms with Crippen molar-refractivity contribution in [3.05, 3.63) is 42.1 Å². The third kappa shape index (κ3) is 3.40. The van der Waals surface area contributed by atoms with Gasteiger partial charge in [0, 0.05) is 18.5 Å². The number of amides is 3. The van der Waals surface area contributed by atoms with E-state index in [4.69, 9.17) is 0 Å². The van der Waals surface area contributed by atoms with Crippen molar-refractivity contribution in [2.24, 2.45) is 0 Å². The van der Waals surface area contributed by atoms with E-state index in [-0.39, 0.29) is 5.69 Å². The molecule has 0 spiro atoms. The van der Waals surface area contributed by atoms with Crippen LogP contribution in [0.1, 0.15) is 29.8 Å². The summed E-state index contributed by atoms with van der Waals surface area (Å²) >= 11 is 0. The molecule has 114 valence electrons. The summed E-state index contributed by atoms with van der Waals surface area (Å²) in [6.45, 7) is 1.63. The molecule has 6 heteroatoms. The van der Waals surface area contributed by atoms with Crippen LogP contribution in [0.15, 0.2) is 36.4 Å². The maximum absolute atomic E-state index is 12.1. The molecule has 2 aromatic rings. The van der Waals surface area contributed by atoms with Crippen LogP contribution in [-0.2, 0) is 0 Å². The molecule has 0 aliphatic carbocycles. The molecule has 0 unspecified atom stereocenters. The molecule has 0 radical (unpaired) electrons. The van der Waals surface area contributed by atoms with Crippen LogP contribution in [0.5, 0.6) is 0 Å². The predicted molar refractivity (Wildman–Crippen MR) is 83.2 cm³/mol. The summed E-state index contributed by atoms with van der Waals surface area (Å²) in [6.07, 6.45) is 3.29. The van der Waals surface area contributed by atoms with E-state index in [2.05, 4.69) is 15.7 Å². The topological polar surface area (TPSA) is 74.3 Å². The fraction of sp³-hybridized carbons (Fsp3) is 0.312. The molecule has 22 heavy (non-hydrogen) atoms. The van der Waals surface area contributed by atoms with Gasteiger partial charge in [-0.2, -0.15) is 0 Å². The number of carbonyl (C=O) groups is 2. The van der Waals surface area contributed by atoms with Crippen LogP contribution in [0, 0.1) is 0 Å². The first-order valence-electron chi connectivity index (χ1n) is 7.45. The highest BCUT2D eigenvalue weighted by molar-refractivity contribution is 6.03. The van der Waals surface area contributed by atoms with Gasteiger partial charge in [-0.3, -0.25) is 15.5 Å². The zero-order chi connectivity index (χ0) is 15.4. The van der Waals surface area contributed by atoms with Crippen molar-refractivity contribution in [1.82, 2.24) is 20.7 Å². The zero-order valence-corrected chi connectivity index (χ0v) is 12.2. The lowest BCUT2D eigenvalue weighted by Crippen LogP contribution is -2.50. The van der Waals surface area contributed by atoms with Crippen molar-refractivity contribution in [2.75, 3.05) is 13.1 Å². The molecule has 1 saturated heterocycles. The highest BCUT2D eigenvalue weighted by atomic mass is 16.2. The predicted octanol–water partition coefficient (Wildman–Crippen LogP) is 2.08. The minimum Gasteiger partial charge on any atom is -0.272 e. The van der Waals surface area contributed by atoms with Gasteiger partial charge in [-0.25, -0.2) is 14.8 Å². The first-order valence-corrected chi connectivity index (χ1v) is 7.45. The number of para-hydroxylation sites is 1. The van der Waals surface area contributed by atoms with Crippen molar-refractivity contribution in [3.8, 4) is 0 Å². The SMILES string of the molecule is O=C(NC(=O)c1ccc2ccccc2n1)NN1CCCCC1. The van der Waals surface area contributed by atoms with Gasteiger partial charge in [0.05, 0.1) is 5.52 Å². The molecule has 3 amide bonds. The average molecular weight is 298 g/mol. The molecule has 0 saturated carbocycles. The molecule has 2 N–H and O–H groups in total. The van der Waals surface area contributed by atoms with Gasteiger partial charge in [-0.1, -0.05) is 30.7 Å². The Morgan fingerprint density at radius 2 is 1.77 bits per heavy atom. The summed E-state index contributed by atoms with van der Waals surface area (Å²) in [4.78, 5) is 28.2. The lowest BCUT2D eigenvalue weighted by molar-refractivity contribution is 0.0944. The minimum atomic E-state index is -0.512. The average Bonchev–Trinajstić information content (AvgIpc) is 2.55. The Morgan fingerprint density at radius 1 is 1.00 bits per heavy atom. The quantitative estimate of drug-likeness (QED) is 0.890. The Morgan fingerprint density at radius 3 is 2.59 bits per heavy atom. The van der Waals surface area contributed by atoms with Gasteiger partial charge in [-0.15, -0.1) is 0 Å². The molecular formula is C16H18N4O2. The van der Waals surface area contributed by atoms with Crippen LogP contribution in [-0.4, -0.2) is 35.0 Å². The van der Waals surface area contributed by atoms with Gasteiger partial charge in [0.1, 0.15) is 5.69 Å². The number of hydrogen-bond donors (Lipinski definition) is 2. The van der Waals surface area contributed by atoms with E-state index in [9.17, 15) is 9.59 Å². The van der Waals surface area contributed by atoms with E-state index in [1.165, 1.54) is 6.42 Å². The summed E-state index contributed by atoms with van der Waals surface area (Å²) in [7, 11) is 0. The number of hydrogen-bond acceptors (Lipinski definition) is 4. The lowest BCUT2D eigenvalue weighted by Gasteiger charge is -2.26. The largest absolute Gasteiger partial charge is 0.336 e. The Labute approximate surface area is 128 Å². The number of nitrogens with one attached hydrogen (secondary N) is 2.